The zero-order valence-corrected chi connectivity index (χ0v) is 21.8. The molecule has 0 radical (unpaired) electrons. The number of hydrogen-bond acceptors (Lipinski definition) is 9. The molecule has 6 N–H and O–H groups in total. The van der Waals surface area contributed by atoms with Crippen molar-refractivity contribution < 1.29 is 14.4 Å². The first-order chi connectivity index (χ1) is 18.3. The molecule has 5 rings (SSSR count). The zero-order valence-electron chi connectivity index (χ0n) is 21.0. The lowest BCUT2D eigenvalue weighted by molar-refractivity contribution is -0.133. The molecule has 200 valence electrons. The van der Waals surface area contributed by atoms with E-state index in [0.717, 1.165) is 11.3 Å². The molecule has 0 saturated carbocycles. The smallest absolute Gasteiger partial charge is 0.280 e. The average molecular weight is 540 g/mol. The number of halogens is 1. The molecule has 1 fully saturated rings. The largest absolute Gasteiger partial charge is 0.381 e. The Morgan fingerprint density at radius 2 is 2.00 bits per heavy atom. The summed E-state index contributed by atoms with van der Waals surface area (Å²) in [5, 5.41) is 11.7. The van der Waals surface area contributed by atoms with Gasteiger partial charge in [0.2, 0.25) is 11.8 Å². The molecule has 4 heterocycles. The number of hydrogen-bond donors (Lipinski definition) is 5. The number of para-hydroxylation sites is 1. The highest BCUT2D eigenvalue weighted by atomic mass is 35.5. The van der Waals surface area contributed by atoms with E-state index in [1.165, 1.54) is 0 Å². The number of nitrogens with zero attached hydrogens (tertiary/aromatic N) is 4. The third-order valence-corrected chi connectivity index (χ3v) is 7.63. The molecule has 1 atom stereocenters. The van der Waals surface area contributed by atoms with Crippen molar-refractivity contribution in [3.8, 4) is 0 Å². The van der Waals surface area contributed by atoms with Crippen LogP contribution in [0.5, 0.6) is 0 Å². The van der Waals surface area contributed by atoms with E-state index in [0.29, 0.717) is 57.7 Å². The first kappa shape index (κ1) is 25.7. The van der Waals surface area contributed by atoms with Gasteiger partial charge in [-0.25, -0.2) is 9.97 Å². The van der Waals surface area contributed by atoms with E-state index in [-0.39, 0.29) is 45.8 Å². The van der Waals surface area contributed by atoms with Gasteiger partial charge in [-0.2, -0.15) is 0 Å². The number of piperidine rings is 1. The minimum atomic E-state index is -0.516. The number of guanidine groups is 1. The van der Waals surface area contributed by atoms with Crippen molar-refractivity contribution in [2.45, 2.75) is 43.6 Å². The fraction of sp³-hybridized carbons (Fsp3) is 0.440. The van der Waals surface area contributed by atoms with Gasteiger partial charge in [-0.3, -0.25) is 24.7 Å². The van der Waals surface area contributed by atoms with Crippen LogP contribution in [-0.2, 0) is 9.59 Å². The summed E-state index contributed by atoms with van der Waals surface area (Å²) in [5.74, 6) is -0.0304. The Morgan fingerprint density at radius 3 is 2.76 bits per heavy atom. The van der Waals surface area contributed by atoms with Crippen LogP contribution in [0.15, 0.2) is 29.3 Å². The number of aromatic nitrogens is 2. The monoisotopic (exact) mass is 539 g/mol. The van der Waals surface area contributed by atoms with Crippen LogP contribution in [0.2, 0.25) is 5.15 Å². The first-order valence-electron chi connectivity index (χ1n) is 12.6. The summed E-state index contributed by atoms with van der Waals surface area (Å²) < 4.78 is 0. The second-order valence-electron chi connectivity index (χ2n) is 9.77. The lowest BCUT2D eigenvalue weighted by Gasteiger charge is -2.39. The molecule has 1 spiro atoms. The zero-order chi connectivity index (χ0) is 26.9. The van der Waals surface area contributed by atoms with Crippen molar-refractivity contribution in [3.05, 3.63) is 40.7 Å². The molecule has 2 aromatic rings. The molecular formula is C25H30ClN9O3. The van der Waals surface area contributed by atoms with Crippen LogP contribution in [0.1, 0.15) is 54.1 Å². The van der Waals surface area contributed by atoms with Gasteiger partial charge >= 0.3 is 0 Å². The normalized spacial score (nSPS) is 19.4. The molecule has 38 heavy (non-hydrogen) atoms. The summed E-state index contributed by atoms with van der Waals surface area (Å²) in [6.07, 6.45) is 3.11. The molecule has 1 saturated heterocycles. The van der Waals surface area contributed by atoms with Gasteiger partial charge in [0.1, 0.15) is 0 Å². The number of nitrogen functional groups attached to an aromatic ring is 1. The number of fused-ring (bicyclic) bond motifs is 1. The molecule has 1 unspecified atom stereocenters. The Labute approximate surface area is 224 Å². The fourth-order valence-electron chi connectivity index (χ4n) is 5.20. The Kier molecular flexibility index (Phi) is 7.06. The van der Waals surface area contributed by atoms with E-state index in [1.54, 1.807) is 7.05 Å². The molecular weight excluding hydrogens is 510 g/mol. The maximum absolute atomic E-state index is 12.9. The molecule has 3 aliphatic heterocycles. The highest BCUT2D eigenvalue weighted by Crippen LogP contribution is 2.35. The van der Waals surface area contributed by atoms with E-state index >= 15 is 0 Å². The highest BCUT2D eigenvalue weighted by molar-refractivity contribution is 6.31. The molecule has 12 nitrogen and oxygen atoms in total. The van der Waals surface area contributed by atoms with E-state index in [9.17, 15) is 14.4 Å². The number of nitrogens with two attached hydrogens (primary N) is 1. The van der Waals surface area contributed by atoms with Gasteiger partial charge in [0.05, 0.1) is 18.0 Å². The summed E-state index contributed by atoms with van der Waals surface area (Å²) in [6, 6.07) is 7.70. The van der Waals surface area contributed by atoms with Crippen molar-refractivity contribution in [2.75, 3.05) is 43.0 Å². The van der Waals surface area contributed by atoms with Gasteiger partial charge in [0.15, 0.2) is 28.4 Å². The van der Waals surface area contributed by atoms with Gasteiger partial charge < -0.3 is 26.6 Å². The summed E-state index contributed by atoms with van der Waals surface area (Å²) in [6.45, 7) is 1.68. The Hall–Kier alpha value is -3.93. The van der Waals surface area contributed by atoms with Gasteiger partial charge in [-0.05, 0) is 37.3 Å². The van der Waals surface area contributed by atoms with Crippen LogP contribution in [0.25, 0.3) is 0 Å². The second-order valence-corrected chi connectivity index (χ2v) is 10.1. The fourth-order valence-corrected chi connectivity index (χ4v) is 5.33. The van der Waals surface area contributed by atoms with Crippen molar-refractivity contribution in [1.29, 1.82) is 0 Å². The van der Waals surface area contributed by atoms with Crippen LogP contribution >= 0.6 is 11.6 Å². The lowest BCUT2D eigenvalue weighted by Crippen LogP contribution is -2.56. The quantitative estimate of drug-likeness (QED) is 0.370. The highest BCUT2D eigenvalue weighted by Gasteiger charge is 2.40. The summed E-state index contributed by atoms with van der Waals surface area (Å²) >= 11 is 5.95. The molecule has 13 heteroatoms. The van der Waals surface area contributed by atoms with Crippen molar-refractivity contribution in [2.24, 2.45) is 4.99 Å². The first-order valence-corrected chi connectivity index (χ1v) is 13.0. The second kappa shape index (κ2) is 10.4. The maximum Gasteiger partial charge on any atom is 0.280 e. The third-order valence-electron chi connectivity index (χ3n) is 7.35. The van der Waals surface area contributed by atoms with Crippen molar-refractivity contribution in [1.82, 2.24) is 25.5 Å². The SMILES string of the molecule is CNc1nc(N)c(Cl)nc1C(=O)NC1=NCC2(CCN(C(=O)CCCC3C(=O)Nc4ccccc43)CC2)N1. The topological polar surface area (TPSA) is 167 Å². The number of carbonyl (C=O) groups is 3. The van der Waals surface area contributed by atoms with Crippen LogP contribution in [-0.4, -0.2) is 70.8 Å². The summed E-state index contributed by atoms with van der Waals surface area (Å²) in [4.78, 5) is 52.4. The molecule has 3 aliphatic rings. The number of rotatable bonds is 6. The van der Waals surface area contributed by atoms with Gasteiger partial charge in [0.25, 0.3) is 5.91 Å². The van der Waals surface area contributed by atoms with Crippen LogP contribution in [0.3, 0.4) is 0 Å². The number of nitrogens with one attached hydrogen (secondary N) is 4. The van der Waals surface area contributed by atoms with E-state index in [1.807, 2.05) is 29.2 Å². The third kappa shape index (κ3) is 5.08. The summed E-state index contributed by atoms with van der Waals surface area (Å²) in [5.41, 5.74) is 7.24. The van der Waals surface area contributed by atoms with Gasteiger partial charge in [-0.15, -0.1) is 0 Å². The van der Waals surface area contributed by atoms with Gasteiger partial charge in [-0.1, -0.05) is 29.8 Å². The molecule has 0 aliphatic carbocycles. The van der Waals surface area contributed by atoms with Gasteiger partial charge in [0, 0.05) is 32.2 Å². The number of amides is 3. The standard InChI is InChI=1S/C25H30ClN9O3/c1-28-21-18(31-19(26)20(27)32-21)23(38)33-24-29-13-25(34-24)9-11-35(12-10-25)17(36)8-4-6-15-14-5-2-3-7-16(14)30-22(15)37/h2-3,5,7,15H,4,6,8-13H2,1H3,(H,30,37)(H3,27,28,32)(H2,29,33,34,38). The van der Waals surface area contributed by atoms with Crippen LogP contribution < -0.4 is 27.0 Å². The minimum absolute atomic E-state index is 0.00230. The Morgan fingerprint density at radius 1 is 1.24 bits per heavy atom. The number of aliphatic imine (C=N–C) groups is 1. The number of likely N-dealkylation sites (tertiary alicyclic amines) is 1. The van der Waals surface area contributed by atoms with E-state index < -0.39 is 5.91 Å². The number of anilines is 3. The Balaban J connectivity index is 1.09. The predicted molar refractivity (Wildman–Crippen MR) is 144 cm³/mol. The number of carbonyl (C=O) groups excluding carboxylic acids is 3. The lowest BCUT2D eigenvalue weighted by atomic mass is 9.88. The Bertz CT molecular complexity index is 1310. The molecule has 1 aromatic carbocycles. The van der Waals surface area contributed by atoms with Crippen LogP contribution in [0, 0.1) is 0 Å². The number of benzene rings is 1. The average Bonchev–Trinajstić information content (AvgIpc) is 3.45. The predicted octanol–water partition coefficient (Wildman–Crippen LogP) is 1.71. The molecule has 0 bridgehead atoms. The van der Waals surface area contributed by atoms with Crippen molar-refractivity contribution in [3.63, 3.8) is 0 Å². The minimum Gasteiger partial charge on any atom is -0.381 e. The van der Waals surface area contributed by atoms with E-state index in [4.69, 9.17) is 17.3 Å². The van der Waals surface area contributed by atoms with Crippen molar-refractivity contribution >= 4 is 52.6 Å². The van der Waals surface area contributed by atoms with E-state index in [2.05, 4.69) is 36.2 Å². The maximum atomic E-state index is 12.9. The van der Waals surface area contributed by atoms with Crippen LogP contribution in [0.4, 0.5) is 17.3 Å². The molecule has 1 aromatic heterocycles. The summed E-state index contributed by atoms with van der Waals surface area (Å²) in [7, 11) is 1.61. The molecule has 3 amide bonds.